The summed E-state index contributed by atoms with van der Waals surface area (Å²) in [6.45, 7) is 0.526. The number of hydrogen-bond donors (Lipinski definition) is 1. The Morgan fingerprint density at radius 1 is 1.53 bits per heavy atom. The molecule has 0 fully saturated rings. The van der Waals surface area contributed by atoms with E-state index in [2.05, 4.69) is 0 Å². The summed E-state index contributed by atoms with van der Waals surface area (Å²) >= 11 is 5.67. The van der Waals surface area contributed by atoms with Crippen LogP contribution in [0.4, 0.5) is 5.69 Å². The summed E-state index contributed by atoms with van der Waals surface area (Å²) in [5.41, 5.74) is 5.86. The van der Waals surface area contributed by atoms with Gasteiger partial charge in [0.05, 0.1) is 10.5 Å². The van der Waals surface area contributed by atoms with Crippen molar-refractivity contribution in [3.8, 4) is 0 Å². The first-order valence-corrected chi connectivity index (χ1v) is 4.83. The van der Waals surface area contributed by atoms with Gasteiger partial charge < -0.3 is 5.73 Å². The van der Waals surface area contributed by atoms with Gasteiger partial charge in [-0.2, -0.15) is 0 Å². The van der Waals surface area contributed by atoms with Crippen LogP contribution >= 0.6 is 11.6 Å². The van der Waals surface area contributed by atoms with Crippen LogP contribution in [0.2, 0.25) is 5.02 Å². The van der Waals surface area contributed by atoms with E-state index in [0.29, 0.717) is 23.6 Å². The Labute approximate surface area is 92.5 Å². The first-order chi connectivity index (χ1) is 7.15. The van der Waals surface area contributed by atoms with Crippen LogP contribution < -0.4 is 5.73 Å². The van der Waals surface area contributed by atoms with Crippen LogP contribution in [0.1, 0.15) is 12.0 Å². The van der Waals surface area contributed by atoms with Gasteiger partial charge in [0.1, 0.15) is 0 Å². The molecule has 0 unspecified atom stereocenters. The highest BCUT2D eigenvalue weighted by Gasteiger charge is 2.11. The number of nitro benzene ring substituents is 1. The molecule has 0 radical (unpaired) electrons. The fraction of sp³-hybridized carbons (Fsp3) is 0.200. The van der Waals surface area contributed by atoms with Crippen LogP contribution in [0.3, 0.4) is 0 Å². The molecule has 15 heavy (non-hydrogen) atoms. The van der Waals surface area contributed by atoms with E-state index in [1.54, 1.807) is 24.3 Å². The Morgan fingerprint density at radius 3 is 2.87 bits per heavy atom. The van der Waals surface area contributed by atoms with Gasteiger partial charge in [0.25, 0.3) is 5.69 Å². The lowest BCUT2D eigenvalue weighted by atomic mass is 10.1. The van der Waals surface area contributed by atoms with Gasteiger partial charge in [-0.05, 0) is 25.1 Å². The molecular weight excluding hydrogens is 216 g/mol. The predicted octanol–water partition coefficient (Wildman–Crippen LogP) is 2.61. The van der Waals surface area contributed by atoms with Crippen molar-refractivity contribution in [1.29, 1.82) is 0 Å². The largest absolute Gasteiger partial charge is 0.330 e. The summed E-state index contributed by atoms with van der Waals surface area (Å²) in [7, 11) is 0. The summed E-state index contributed by atoms with van der Waals surface area (Å²) in [5, 5.41) is 11.1. The molecule has 0 aliphatic heterocycles. The monoisotopic (exact) mass is 226 g/mol. The quantitative estimate of drug-likeness (QED) is 0.634. The highest BCUT2D eigenvalue weighted by Crippen LogP contribution is 2.24. The molecule has 1 aromatic carbocycles. The van der Waals surface area contributed by atoms with Gasteiger partial charge in [0.15, 0.2) is 0 Å². The number of nitrogens with two attached hydrogens (primary N) is 1. The van der Waals surface area contributed by atoms with Gasteiger partial charge in [-0.3, -0.25) is 10.1 Å². The smallest absolute Gasteiger partial charge is 0.278 e. The Hall–Kier alpha value is -1.39. The average molecular weight is 227 g/mol. The normalized spacial score (nSPS) is 10.8. The third kappa shape index (κ3) is 3.34. The molecule has 80 valence electrons. The van der Waals surface area contributed by atoms with E-state index in [9.17, 15) is 10.1 Å². The summed E-state index contributed by atoms with van der Waals surface area (Å²) in [5.74, 6) is 0. The number of nitro groups is 1. The molecule has 0 spiro atoms. The summed E-state index contributed by atoms with van der Waals surface area (Å²) < 4.78 is 0. The maximum Gasteiger partial charge on any atom is 0.278 e. The Kier molecular flexibility index (Phi) is 4.27. The van der Waals surface area contributed by atoms with Crippen molar-refractivity contribution in [2.75, 3.05) is 6.54 Å². The number of hydrogen-bond acceptors (Lipinski definition) is 3. The third-order valence-electron chi connectivity index (χ3n) is 1.82. The van der Waals surface area contributed by atoms with Gasteiger partial charge in [0, 0.05) is 11.1 Å². The van der Waals surface area contributed by atoms with E-state index in [-0.39, 0.29) is 5.69 Å². The standard InChI is InChI=1S/C10H11ClN2O2/c11-9-5-4-8(3-1-2-6-12)10(7-9)13(14)15/h1,3-5,7H,2,6,12H2. The van der Waals surface area contributed by atoms with Crippen LogP contribution in [0.5, 0.6) is 0 Å². The summed E-state index contributed by atoms with van der Waals surface area (Å²) in [6, 6.07) is 4.58. The van der Waals surface area contributed by atoms with E-state index >= 15 is 0 Å². The van der Waals surface area contributed by atoms with Crippen molar-refractivity contribution >= 4 is 23.4 Å². The second-order valence-corrected chi connectivity index (χ2v) is 3.38. The number of halogens is 1. The van der Waals surface area contributed by atoms with Crippen LogP contribution in [0, 0.1) is 10.1 Å². The summed E-state index contributed by atoms with van der Waals surface area (Å²) in [4.78, 5) is 10.2. The predicted molar refractivity (Wildman–Crippen MR) is 60.8 cm³/mol. The molecule has 2 N–H and O–H groups in total. The van der Waals surface area contributed by atoms with Crippen molar-refractivity contribution in [1.82, 2.24) is 0 Å². The molecule has 0 heterocycles. The van der Waals surface area contributed by atoms with Crippen LogP contribution in [0.25, 0.3) is 6.08 Å². The van der Waals surface area contributed by atoms with Crippen molar-refractivity contribution in [3.05, 3.63) is 45.0 Å². The molecular formula is C10H11ClN2O2. The molecule has 0 atom stereocenters. The Bertz CT molecular complexity index is 391. The fourth-order valence-electron chi connectivity index (χ4n) is 1.12. The van der Waals surface area contributed by atoms with Crippen molar-refractivity contribution in [2.24, 2.45) is 5.73 Å². The second-order valence-electron chi connectivity index (χ2n) is 2.94. The maximum atomic E-state index is 10.7. The minimum atomic E-state index is -0.450. The second kappa shape index (κ2) is 5.48. The lowest BCUT2D eigenvalue weighted by molar-refractivity contribution is -0.385. The van der Waals surface area contributed by atoms with Crippen molar-refractivity contribution < 1.29 is 4.92 Å². The highest BCUT2D eigenvalue weighted by molar-refractivity contribution is 6.30. The number of benzene rings is 1. The van der Waals surface area contributed by atoms with Crippen LogP contribution in [-0.4, -0.2) is 11.5 Å². The lowest BCUT2D eigenvalue weighted by Crippen LogP contribution is -1.95. The van der Waals surface area contributed by atoms with E-state index in [4.69, 9.17) is 17.3 Å². The molecule has 5 heteroatoms. The molecule has 0 aliphatic carbocycles. The lowest BCUT2D eigenvalue weighted by Gasteiger charge is -1.97. The zero-order chi connectivity index (χ0) is 11.3. The Morgan fingerprint density at radius 2 is 2.27 bits per heavy atom. The van der Waals surface area contributed by atoms with E-state index in [1.165, 1.54) is 6.07 Å². The van der Waals surface area contributed by atoms with Gasteiger partial charge in [-0.15, -0.1) is 0 Å². The molecule has 0 saturated heterocycles. The molecule has 1 aromatic rings. The first-order valence-electron chi connectivity index (χ1n) is 4.45. The van der Waals surface area contributed by atoms with Crippen LogP contribution in [0.15, 0.2) is 24.3 Å². The SMILES string of the molecule is NCCC=Cc1ccc(Cl)cc1[N+](=O)[O-]. The molecule has 0 aliphatic rings. The van der Waals surface area contributed by atoms with E-state index < -0.39 is 4.92 Å². The third-order valence-corrected chi connectivity index (χ3v) is 2.06. The van der Waals surface area contributed by atoms with Gasteiger partial charge in [-0.1, -0.05) is 23.8 Å². The number of rotatable bonds is 4. The van der Waals surface area contributed by atoms with Gasteiger partial charge in [-0.25, -0.2) is 0 Å². The van der Waals surface area contributed by atoms with Crippen LogP contribution in [-0.2, 0) is 0 Å². The highest BCUT2D eigenvalue weighted by atomic mass is 35.5. The zero-order valence-corrected chi connectivity index (χ0v) is 8.78. The molecule has 4 nitrogen and oxygen atoms in total. The Balaban J connectivity index is 3.01. The van der Waals surface area contributed by atoms with Gasteiger partial charge >= 0.3 is 0 Å². The molecule has 0 amide bonds. The van der Waals surface area contributed by atoms with Gasteiger partial charge in [0.2, 0.25) is 0 Å². The molecule has 0 aromatic heterocycles. The first kappa shape index (κ1) is 11.7. The molecule has 0 saturated carbocycles. The number of nitrogens with zero attached hydrogens (tertiary/aromatic N) is 1. The van der Waals surface area contributed by atoms with E-state index in [0.717, 1.165) is 0 Å². The summed E-state index contributed by atoms with van der Waals surface area (Å²) in [6.07, 6.45) is 4.18. The fourth-order valence-corrected chi connectivity index (χ4v) is 1.29. The minimum Gasteiger partial charge on any atom is -0.330 e. The van der Waals surface area contributed by atoms with E-state index in [1.807, 2.05) is 0 Å². The maximum absolute atomic E-state index is 10.7. The minimum absolute atomic E-state index is 0.00997. The molecule has 1 rings (SSSR count). The van der Waals surface area contributed by atoms with Crippen molar-refractivity contribution in [2.45, 2.75) is 6.42 Å². The zero-order valence-electron chi connectivity index (χ0n) is 8.02. The average Bonchev–Trinajstić information content (AvgIpc) is 2.20. The topological polar surface area (TPSA) is 69.2 Å². The molecule has 0 bridgehead atoms. The van der Waals surface area contributed by atoms with Crippen molar-refractivity contribution in [3.63, 3.8) is 0 Å².